The van der Waals surface area contributed by atoms with Gasteiger partial charge in [-0.15, -0.1) is 0 Å². The van der Waals surface area contributed by atoms with Crippen LogP contribution in [0, 0.1) is 0 Å². The molecule has 0 heterocycles. The number of halogens is 2. The van der Waals surface area contributed by atoms with Crippen LogP contribution in [0.1, 0.15) is 17.5 Å². The number of rotatable bonds is 4. The summed E-state index contributed by atoms with van der Waals surface area (Å²) in [4.78, 5) is 2.01. The van der Waals surface area contributed by atoms with E-state index in [-0.39, 0.29) is 13.0 Å². The molecule has 1 atom stereocenters. The zero-order valence-electron chi connectivity index (χ0n) is 10.2. The third-order valence-corrected chi connectivity index (χ3v) is 3.43. The van der Waals surface area contributed by atoms with Crippen LogP contribution in [0.25, 0.3) is 0 Å². The Morgan fingerprint density at radius 1 is 1.35 bits per heavy atom. The van der Waals surface area contributed by atoms with E-state index in [9.17, 15) is 8.78 Å². The first-order chi connectivity index (χ1) is 7.91. The lowest BCUT2D eigenvalue weighted by Gasteiger charge is -2.17. The fraction of sp³-hybridized carbons (Fsp3) is 0.538. The minimum absolute atomic E-state index is 0.00537. The molecule has 2 N–H and O–H groups in total. The Balaban J connectivity index is 2.28. The second kappa shape index (κ2) is 4.03. The highest BCUT2D eigenvalue weighted by molar-refractivity contribution is 5.40. The van der Waals surface area contributed by atoms with Gasteiger partial charge >= 0.3 is 0 Å². The first kappa shape index (κ1) is 12.5. The van der Waals surface area contributed by atoms with Gasteiger partial charge in [0.1, 0.15) is 0 Å². The fourth-order valence-electron chi connectivity index (χ4n) is 2.32. The topological polar surface area (TPSA) is 29.3 Å². The van der Waals surface area contributed by atoms with E-state index in [4.69, 9.17) is 5.73 Å². The van der Waals surface area contributed by atoms with Gasteiger partial charge in [0, 0.05) is 19.5 Å². The first-order valence-electron chi connectivity index (χ1n) is 5.73. The van der Waals surface area contributed by atoms with E-state index in [1.54, 1.807) is 6.07 Å². The van der Waals surface area contributed by atoms with Crippen molar-refractivity contribution in [3.8, 4) is 0 Å². The van der Waals surface area contributed by atoms with Crippen molar-refractivity contribution in [3.05, 3.63) is 35.4 Å². The molecular weight excluding hydrogens is 222 g/mol. The van der Waals surface area contributed by atoms with Crippen molar-refractivity contribution in [1.82, 2.24) is 4.90 Å². The lowest BCUT2D eigenvalue weighted by molar-refractivity contribution is 0.0896. The summed E-state index contributed by atoms with van der Waals surface area (Å²) in [7, 11) is 3.91. The lowest BCUT2D eigenvalue weighted by atomic mass is 9.93. The van der Waals surface area contributed by atoms with Crippen LogP contribution in [0.2, 0.25) is 0 Å². The van der Waals surface area contributed by atoms with Crippen LogP contribution in [-0.4, -0.2) is 31.5 Å². The van der Waals surface area contributed by atoms with Gasteiger partial charge in [-0.2, -0.15) is 0 Å². The molecule has 1 aromatic rings. The minimum atomic E-state index is -2.64. The molecule has 4 heteroatoms. The van der Waals surface area contributed by atoms with Crippen molar-refractivity contribution in [2.45, 2.75) is 24.3 Å². The van der Waals surface area contributed by atoms with Gasteiger partial charge in [0.05, 0.1) is 5.41 Å². The zero-order chi connectivity index (χ0) is 12.7. The van der Waals surface area contributed by atoms with E-state index >= 15 is 0 Å². The maximum Gasteiger partial charge on any atom is 0.260 e. The monoisotopic (exact) mass is 240 g/mol. The lowest BCUT2D eigenvalue weighted by Crippen LogP contribution is -2.27. The Kier molecular flexibility index (Phi) is 2.96. The SMILES string of the molecule is CN(C)Cc1cccc(C2(CN)CC2(F)F)c1. The van der Waals surface area contributed by atoms with Crippen LogP contribution in [-0.2, 0) is 12.0 Å². The average molecular weight is 240 g/mol. The van der Waals surface area contributed by atoms with Crippen LogP contribution in [0.4, 0.5) is 8.78 Å². The Morgan fingerprint density at radius 3 is 2.47 bits per heavy atom. The summed E-state index contributed by atoms with van der Waals surface area (Å²) in [6, 6.07) is 7.40. The molecule has 94 valence electrons. The van der Waals surface area contributed by atoms with E-state index in [0.29, 0.717) is 5.56 Å². The van der Waals surface area contributed by atoms with Crippen LogP contribution < -0.4 is 5.73 Å². The maximum absolute atomic E-state index is 13.4. The van der Waals surface area contributed by atoms with Crippen molar-refractivity contribution >= 4 is 0 Å². The summed E-state index contributed by atoms with van der Waals surface area (Å²) in [5.41, 5.74) is 6.14. The second-order valence-corrected chi connectivity index (χ2v) is 5.11. The Hall–Kier alpha value is -1.00. The van der Waals surface area contributed by atoms with Gasteiger partial charge in [-0.1, -0.05) is 24.3 Å². The molecule has 0 spiro atoms. The molecule has 1 saturated carbocycles. The van der Waals surface area contributed by atoms with Crippen molar-refractivity contribution in [1.29, 1.82) is 0 Å². The van der Waals surface area contributed by atoms with Gasteiger partial charge < -0.3 is 10.6 Å². The summed E-state index contributed by atoms with van der Waals surface area (Å²) >= 11 is 0. The van der Waals surface area contributed by atoms with E-state index in [1.807, 2.05) is 37.2 Å². The molecule has 1 unspecified atom stereocenters. The summed E-state index contributed by atoms with van der Waals surface area (Å²) in [6.07, 6.45) is -0.123. The van der Waals surface area contributed by atoms with Gasteiger partial charge in [0.25, 0.3) is 5.92 Å². The molecule has 0 saturated heterocycles. The molecular formula is C13H18F2N2. The molecule has 2 nitrogen and oxygen atoms in total. The van der Waals surface area contributed by atoms with Gasteiger partial charge in [-0.3, -0.25) is 0 Å². The molecule has 0 aromatic heterocycles. The predicted octanol–water partition coefficient (Wildman–Crippen LogP) is 1.98. The molecule has 0 aliphatic heterocycles. The van der Waals surface area contributed by atoms with Crippen LogP contribution in [0.3, 0.4) is 0 Å². The van der Waals surface area contributed by atoms with Crippen molar-refractivity contribution in [2.24, 2.45) is 5.73 Å². The highest BCUT2D eigenvalue weighted by Gasteiger charge is 2.71. The van der Waals surface area contributed by atoms with Crippen molar-refractivity contribution < 1.29 is 8.78 Å². The zero-order valence-corrected chi connectivity index (χ0v) is 10.2. The van der Waals surface area contributed by atoms with Gasteiger partial charge in [-0.25, -0.2) is 8.78 Å². The van der Waals surface area contributed by atoms with Gasteiger partial charge in [-0.05, 0) is 25.2 Å². The second-order valence-electron chi connectivity index (χ2n) is 5.11. The molecule has 1 aromatic carbocycles. The molecule has 17 heavy (non-hydrogen) atoms. The van der Waals surface area contributed by atoms with E-state index < -0.39 is 11.3 Å². The largest absolute Gasteiger partial charge is 0.329 e. The van der Waals surface area contributed by atoms with Gasteiger partial charge in [0.15, 0.2) is 0 Å². The molecule has 2 rings (SSSR count). The van der Waals surface area contributed by atoms with Crippen LogP contribution >= 0.6 is 0 Å². The molecule has 0 radical (unpaired) electrons. The summed E-state index contributed by atoms with van der Waals surface area (Å²) in [5.74, 6) is -2.64. The number of nitrogens with two attached hydrogens (primary N) is 1. The Labute approximate surface area is 100 Å². The standard InChI is InChI=1S/C13H18F2N2/c1-17(2)7-10-4-3-5-11(6-10)12(9-16)8-13(12,14)15/h3-6H,7-9,16H2,1-2H3. The Morgan fingerprint density at radius 2 is 2.00 bits per heavy atom. The number of hydrogen-bond donors (Lipinski definition) is 1. The summed E-state index contributed by atoms with van der Waals surface area (Å²) in [5, 5.41) is 0. The normalized spacial score (nSPS) is 26.2. The van der Waals surface area contributed by atoms with Crippen molar-refractivity contribution in [3.63, 3.8) is 0 Å². The highest BCUT2D eigenvalue weighted by Crippen LogP contribution is 2.60. The maximum atomic E-state index is 13.4. The third-order valence-electron chi connectivity index (χ3n) is 3.43. The molecule has 1 aliphatic carbocycles. The average Bonchev–Trinajstić information content (AvgIpc) is 2.82. The summed E-state index contributed by atoms with van der Waals surface area (Å²) in [6.45, 7) is 0.755. The molecule has 0 amide bonds. The van der Waals surface area contributed by atoms with Crippen LogP contribution in [0.15, 0.2) is 24.3 Å². The molecule has 1 aliphatic rings. The third kappa shape index (κ3) is 2.07. The quantitative estimate of drug-likeness (QED) is 0.872. The number of benzene rings is 1. The van der Waals surface area contributed by atoms with Crippen LogP contribution in [0.5, 0.6) is 0 Å². The number of hydrogen-bond acceptors (Lipinski definition) is 2. The fourth-order valence-corrected chi connectivity index (χ4v) is 2.32. The molecule has 1 fully saturated rings. The summed E-state index contributed by atoms with van der Waals surface area (Å²) < 4.78 is 26.9. The first-order valence-corrected chi connectivity index (χ1v) is 5.73. The van der Waals surface area contributed by atoms with E-state index in [0.717, 1.165) is 12.1 Å². The smallest absolute Gasteiger partial charge is 0.260 e. The molecule has 0 bridgehead atoms. The van der Waals surface area contributed by atoms with Crippen molar-refractivity contribution in [2.75, 3.05) is 20.6 Å². The number of alkyl halides is 2. The predicted molar refractivity (Wildman–Crippen MR) is 64.1 cm³/mol. The van der Waals surface area contributed by atoms with E-state index in [2.05, 4.69) is 0 Å². The van der Waals surface area contributed by atoms with Gasteiger partial charge in [0.2, 0.25) is 0 Å². The minimum Gasteiger partial charge on any atom is -0.329 e. The Bertz CT molecular complexity index is 418. The van der Waals surface area contributed by atoms with E-state index in [1.165, 1.54) is 0 Å². The highest BCUT2D eigenvalue weighted by atomic mass is 19.3. The number of nitrogens with zero attached hydrogens (tertiary/aromatic N) is 1.